The first-order valence-electron chi connectivity index (χ1n) is 38.9. The van der Waals surface area contributed by atoms with E-state index in [0.29, 0.717) is 25.7 Å². The predicted molar refractivity (Wildman–Crippen MR) is 381 cm³/mol. The number of unbranched alkanes of at least 4 members (excludes halogenated alkanes) is 40. The molecule has 0 rings (SSSR count). The molecule has 0 aromatic carbocycles. The molecule has 0 aliphatic rings. The molecule has 94 heavy (non-hydrogen) atoms. The van der Waals surface area contributed by atoms with E-state index in [1.807, 2.05) is 0 Å². The second kappa shape index (κ2) is 65.7. The van der Waals surface area contributed by atoms with Crippen LogP contribution in [-0.2, 0) is 65.4 Å². The van der Waals surface area contributed by atoms with E-state index >= 15 is 0 Å². The third-order valence-electron chi connectivity index (χ3n) is 17.7. The van der Waals surface area contributed by atoms with Crippen molar-refractivity contribution in [2.75, 3.05) is 39.6 Å². The Hall–Kier alpha value is -1.94. The van der Waals surface area contributed by atoms with E-state index in [-0.39, 0.29) is 25.7 Å². The Morgan fingerprint density at radius 1 is 0.309 bits per heavy atom. The Kier molecular flexibility index (Phi) is 64.3. The van der Waals surface area contributed by atoms with Gasteiger partial charge in [0.05, 0.1) is 26.4 Å². The summed E-state index contributed by atoms with van der Waals surface area (Å²) in [6.07, 6.45) is 51.3. The van der Waals surface area contributed by atoms with Crippen LogP contribution in [0.5, 0.6) is 0 Å². The summed E-state index contributed by atoms with van der Waals surface area (Å²) in [5, 5.41) is 10.6. The van der Waals surface area contributed by atoms with Crippen LogP contribution in [0.15, 0.2) is 0 Å². The zero-order valence-corrected chi connectivity index (χ0v) is 63.2. The first kappa shape index (κ1) is 92.1. The van der Waals surface area contributed by atoms with Gasteiger partial charge in [-0.2, -0.15) is 0 Å². The lowest BCUT2D eigenvalue weighted by Gasteiger charge is -2.21. The van der Waals surface area contributed by atoms with Gasteiger partial charge in [-0.05, 0) is 43.4 Å². The van der Waals surface area contributed by atoms with Crippen molar-refractivity contribution in [3.8, 4) is 0 Å². The molecule has 0 saturated heterocycles. The maximum Gasteiger partial charge on any atom is 0.472 e. The molecule has 0 aromatic heterocycles. The molecular weight excluding hydrogens is 1230 g/mol. The van der Waals surface area contributed by atoms with Gasteiger partial charge >= 0.3 is 39.5 Å². The minimum Gasteiger partial charge on any atom is -0.462 e. The molecule has 0 aliphatic carbocycles. The normalized spacial score (nSPS) is 14.4. The van der Waals surface area contributed by atoms with E-state index in [1.54, 1.807) is 0 Å². The minimum absolute atomic E-state index is 0.106. The van der Waals surface area contributed by atoms with Crippen LogP contribution in [0.4, 0.5) is 0 Å². The van der Waals surface area contributed by atoms with Gasteiger partial charge < -0.3 is 33.8 Å². The van der Waals surface area contributed by atoms with Gasteiger partial charge in [0.25, 0.3) is 0 Å². The lowest BCUT2D eigenvalue weighted by Crippen LogP contribution is -2.30. The van der Waals surface area contributed by atoms with Gasteiger partial charge in [-0.15, -0.1) is 0 Å². The summed E-state index contributed by atoms with van der Waals surface area (Å²) in [7, 11) is -9.91. The van der Waals surface area contributed by atoms with Gasteiger partial charge in [0.15, 0.2) is 12.2 Å². The highest BCUT2D eigenvalue weighted by Crippen LogP contribution is 2.45. The Labute approximate surface area is 575 Å². The molecule has 0 heterocycles. The smallest absolute Gasteiger partial charge is 0.462 e. The van der Waals surface area contributed by atoms with Crippen molar-refractivity contribution < 1.29 is 80.2 Å². The fourth-order valence-electron chi connectivity index (χ4n) is 11.4. The summed E-state index contributed by atoms with van der Waals surface area (Å²) < 4.78 is 68.4. The van der Waals surface area contributed by atoms with Gasteiger partial charge in [-0.1, -0.05) is 331 Å². The van der Waals surface area contributed by atoms with Crippen LogP contribution in [0.2, 0.25) is 0 Å². The van der Waals surface area contributed by atoms with Crippen LogP contribution in [0.25, 0.3) is 0 Å². The molecule has 0 fully saturated rings. The van der Waals surface area contributed by atoms with Gasteiger partial charge in [0, 0.05) is 25.7 Å². The zero-order chi connectivity index (χ0) is 69.4. The molecule has 6 atom stereocenters. The molecule has 0 saturated carbocycles. The van der Waals surface area contributed by atoms with Gasteiger partial charge in [0.2, 0.25) is 0 Å². The molecule has 3 unspecified atom stereocenters. The quantitative estimate of drug-likeness (QED) is 0.0222. The average Bonchev–Trinajstić information content (AvgIpc) is 1.23. The average molecular weight is 1380 g/mol. The lowest BCUT2D eigenvalue weighted by molar-refractivity contribution is -0.161. The minimum atomic E-state index is -4.96. The van der Waals surface area contributed by atoms with E-state index in [0.717, 1.165) is 120 Å². The number of carbonyl (C=O) groups excluding carboxylic acids is 4. The van der Waals surface area contributed by atoms with Gasteiger partial charge in [-0.25, -0.2) is 9.13 Å². The van der Waals surface area contributed by atoms with E-state index in [9.17, 15) is 43.2 Å². The molecular formula is C75H146O17P2. The van der Waals surface area contributed by atoms with Crippen molar-refractivity contribution in [1.29, 1.82) is 0 Å². The highest BCUT2D eigenvalue weighted by molar-refractivity contribution is 7.47. The molecule has 558 valence electrons. The highest BCUT2D eigenvalue weighted by atomic mass is 31.2. The van der Waals surface area contributed by atoms with Crippen molar-refractivity contribution in [2.24, 2.45) is 17.8 Å². The first-order chi connectivity index (χ1) is 45.3. The van der Waals surface area contributed by atoms with Gasteiger partial charge in [0.1, 0.15) is 19.3 Å². The Morgan fingerprint density at radius 2 is 0.543 bits per heavy atom. The number of aliphatic hydroxyl groups excluding tert-OH is 1. The van der Waals surface area contributed by atoms with Crippen molar-refractivity contribution in [3.63, 3.8) is 0 Å². The molecule has 0 bridgehead atoms. The largest absolute Gasteiger partial charge is 0.472 e. The Bertz CT molecular complexity index is 1840. The summed E-state index contributed by atoms with van der Waals surface area (Å²) in [5.41, 5.74) is 0. The van der Waals surface area contributed by atoms with Crippen LogP contribution < -0.4 is 0 Å². The van der Waals surface area contributed by atoms with Crippen LogP contribution in [-0.4, -0.2) is 96.7 Å². The molecule has 0 aliphatic heterocycles. The fraction of sp³-hybridized carbons (Fsp3) is 0.947. The third kappa shape index (κ3) is 67.3. The summed E-state index contributed by atoms with van der Waals surface area (Å²) in [4.78, 5) is 72.7. The summed E-state index contributed by atoms with van der Waals surface area (Å²) in [5.74, 6) is 0.267. The highest BCUT2D eigenvalue weighted by Gasteiger charge is 2.30. The van der Waals surface area contributed by atoms with Crippen molar-refractivity contribution >= 4 is 39.5 Å². The second-order valence-corrected chi connectivity index (χ2v) is 31.1. The van der Waals surface area contributed by atoms with Crippen molar-refractivity contribution in [1.82, 2.24) is 0 Å². The number of rotatable bonds is 73. The third-order valence-corrected chi connectivity index (χ3v) is 19.6. The van der Waals surface area contributed by atoms with Gasteiger partial charge in [-0.3, -0.25) is 37.3 Å². The number of aliphatic hydroxyl groups is 1. The Morgan fingerprint density at radius 3 is 0.809 bits per heavy atom. The molecule has 0 aromatic rings. The number of phosphoric ester groups is 2. The topological polar surface area (TPSA) is 237 Å². The molecule has 0 radical (unpaired) electrons. The zero-order valence-electron chi connectivity index (χ0n) is 61.4. The van der Waals surface area contributed by atoms with E-state index in [1.165, 1.54) is 180 Å². The number of esters is 4. The van der Waals surface area contributed by atoms with Crippen LogP contribution in [0, 0.1) is 17.8 Å². The predicted octanol–water partition coefficient (Wildman–Crippen LogP) is 21.8. The fourth-order valence-corrected chi connectivity index (χ4v) is 13.0. The molecule has 0 spiro atoms. The summed E-state index contributed by atoms with van der Waals surface area (Å²) in [6.45, 7) is 11.9. The number of phosphoric acid groups is 2. The number of ether oxygens (including phenoxy) is 4. The lowest BCUT2D eigenvalue weighted by atomic mass is 9.99. The number of hydrogen-bond donors (Lipinski definition) is 3. The van der Waals surface area contributed by atoms with E-state index in [2.05, 4.69) is 48.5 Å². The molecule has 3 N–H and O–H groups in total. The van der Waals surface area contributed by atoms with E-state index in [4.69, 9.17) is 37.0 Å². The maximum atomic E-state index is 13.1. The molecule has 17 nitrogen and oxygen atoms in total. The monoisotopic (exact) mass is 1380 g/mol. The van der Waals surface area contributed by atoms with Crippen molar-refractivity contribution in [3.05, 3.63) is 0 Å². The second-order valence-electron chi connectivity index (χ2n) is 28.2. The van der Waals surface area contributed by atoms with Crippen molar-refractivity contribution in [2.45, 2.75) is 401 Å². The SMILES string of the molecule is CCCCCCCCCC(=O)OC[C@H](COP(=O)(O)OC[C@H](O)COP(=O)(O)OC[C@@H](COC(=O)CCCCCCCCCCCCCCCC(C)C)OC(=O)CCCCCCCCCCCCCCCCC(C)C)OC(=O)CCCCCCCCCCCCC(C)CC. The van der Waals surface area contributed by atoms with Crippen LogP contribution in [0.3, 0.4) is 0 Å². The molecule has 19 heteroatoms. The standard InChI is InChI=1S/C75H146O17P2/c1-8-10-11-12-32-42-49-56-72(77)85-62-70(91-75(80)59-52-45-38-31-25-24-28-35-41-48-55-68(7)9-2)64-89-93(81,82)87-60-69(76)61-88-94(83,84)90-65-71(63-86-73(78)57-50-43-36-29-22-19-15-17-21-27-34-40-47-54-67(5)6)92-74(79)58-51-44-37-30-23-18-14-13-16-20-26-33-39-46-53-66(3)4/h66-71,76H,8-65H2,1-7H3,(H,81,82)(H,83,84)/t68?,69-,70+,71+/m0/s1. The number of carbonyl (C=O) groups is 4. The van der Waals surface area contributed by atoms with Crippen LogP contribution in [0.1, 0.15) is 382 Å². The van der Waals surface area contributed by atoms with E-state index < -0.39 is 97.5 Å². The van der Waals surface area contributed by atoms with Crippen LogP contribution >= 0.6 is 15.6 Å². The molecule has 0 amide bonds. The summed E-state index contributed by atoms with van der Waals surface area (Å²) in [6, 6.07) is 0. The number of hydrogen-bond acceptors (Lipinski definition) is 15. The Balaban J connectivity index is 5.21. The maximum absolute atomic E-state index is 13.1. The first-order valence-corrected chi connectivity index (χ1v) is 41.9. The summed E-state index contributed by atoms with van der Waals surface area (Å²) >= 11 is 0.